The first kappa shape index (κ1) is 32.5. The molecule has 5 atom stereocenters. The Kier molecular flexibility index (Phi) is 9.03. The third-order valence-electron chi connectivity index (χ3n) is 8.52. The van der Waals surface area contributed by atoms with Gasteiger partial charge in [-0.05, 0) is 81.9 Å². The van der Waals surface area contributed by atoms with Gasteiger partial charge in [-0.1, -0.05) is 24.6 Å². The standard InChI is InChI=1S/C31H35ClF3N5O5/c1-16-18-8-10-22(20(18)7-6-19(16)29(43)45-30(2,3)4)39-28(42)24-14-23(38-26-11-12-37-40(24)26)27(41)36-15-17-5-9-21(32)25(13-17)44-31(33,34)35/h5,9,11-14,16,18-20,22H,6-8,10,15H2,1-4H3,(H,36,41)(H,39,42)/t16?,18-,19?,20?,22-/m0/s1. The Hall–Kier alpha value is -3.87. The van der Waals surface area contributed by atoms with Crippen LogP contribution >= 0.6 is 11.6 Å². The fraction of sp³-hybridized carbons (Fsp3) is 0.516. The van der Waals surface area contributed by atoms with Gasteiger partial charge in [0.15, 0.2) is 5.65 Å². The maximum absolute atomic E-state index is 13.6. The Morgan fingerprint density at radius 2 is 1.76 bits per heavy atom. The van der Waals surface area contributed by atoms with Gasteiger partial charge in [0.05, 0.1) is 17.1 Å². The van der Waals surface area contributed by atoms with Crippen LogP contribution in [0.5, 0.6) is 5.75 Å². The van der Waals surface area contributed by atoms with Gasteiger partial charge in [-0.25, -0.2) is 9.50 Å². The molecule has 2 heterocycles. The van der Waals surface area contributed by atoms with Gasteiger partial charge in [0, 0.05) is 24.7 Å². The summed E-state index contributed by atoms with van der Waals surface area (Å²) in [6.07, 6.45) is -0.367. The number of fused-ring (bicyclic) bond motifs is 2. The molecule has 2 aromatic heterocycles. The number of benzene rings is 1. The summed E-state index contributed by atoms with van der Waals surface area (Å²) in [6.45, 7) is 7.52. The van der Waals surface area contributed by atoms with Crippen LogP contribution in [0.15, 0.2) is 36.5 Å². The van der Waals surface area contributed by atoms with Gasteiger partial charge in [0.1, 0.15) is 22.7 Å². The zero-order chi connectivity index (χ0) is 32.7. The van der Waals surface area contributed by atoms with E-state index in [1.807, 2.05) is 20.8 Å². The summed E-state index contributed by atoms with van der Waals surface area (Å²) in [7, 11) is 0. The number of esters is 1. The summed E-state index contributed by atoms with van der Waals surface area (Å²) in [5.41, 5.74) is 0.0759. The Bertz CT molecular complexity index is 1600. The largest absolute Gasteiger partial charge is 0.573 e. The van der Waals surface area contributed by atoms with Crippen LogP contribution in [0.2, 0.25) is 5.02 Å². The number of carbonyl (C=O) groups is 3. The van der Waals surface area contributed by atoms with Gasteiger partial charge in [-0.3, -0.25) is 14.4 Å². The van der Waals surface area contributed by atoms with Crippen molar-refractivity contribution in [1.82, 2.24) is 25.2 Å². The van der Waals surface area contributed by atoms with Crippen molar-refractivity contribution in [3.05, 3.63) is 58.5 Å². The molecule has 5 rings (SSSR count). The summed E-state index contributed by atoms with van der Waals surface area (Å²) in [5, 5.41) is 9.72. The lowest BCUT2D eigenvalue weighted by Crippen LogP contribution is -2.44. The molecular weight excluding hydrogens is 615 g/mol. The molecule has 2 N–H and O–H groups in total. The summed E-state index contributed by atoms with van der Waals surface area (Å²) in [6, 6.07) is 6.55. The normalized spacial score (nSPS) is 23.3. The first-order valence-corrected chi connectivity index (χ1v) is 15.2. The van der Waals surface area contributed by atoms with Gasteiger partial charge < -0.3 is 20.1 Å². The molecule has 2 saturated carbocycles. The fourth-order valence-electron chi connectivity index (χ4n) is 6.56. The van der Waals surface area contributed by atoms with Crippen LogP contribution in [-0.4, -0.2) is 50.4 Å². The number of nitrogens with zero attached hydrogens (tertiary/aromatic N) is 3. The fourth-order valence-corrected chi connectivity index (χ4v) is 6.71. The summed E-state index contributed by atoms with van der Waals surface area (Å²) in [5.74, 6) is -1.42. The molecule has 45 heavy (non-hydrogen) atoms. The van der Waals surface area contributed by atoms with Crippen molar-refractivity contribution in [1.29, 1.82) is 0 Å². The molecule has 2 amide bonds. The smallest absolute Gasteiger partial charge is 0.460 e. The van der Waals surface area contributed by atoms with Crippen LogP contribution in [0, 0.1) is 23.7 Å². The van der Waals surface area contributed by atoms with E-state index in [0.29, 0.717) is 12.0 Å². The van der Waals surface area contributed by atoms with E-state index in [1.54, 1.807) is 6.07 Å². The number of rotatable bonds is 7. The molecule has 3 unspecified atom stereocenters. The van der Waals surface area contributed by atoms with E-state index in [0.717, 1.165) is 25.3 Å². The molecule has 0 aliphatic heterocycles. The van der Waals surface area contributed by atoms with Gasteiger partial charge in [0.25, 0.3) is 11.8 Å². The van der Waals surface area contributed by atoms with Crippen LogP contribution in [0.25, 0.3) is 5.65 Å². The number of amides is 2. The van der Waals surface area contributed by atoms with Gasteiger partial charge >= 0.3 is 12.3 Å². The van der Waals surface area contributed by atoms with Crippen molar-refractivity contribution in [2.75, 3.05) is 0 Å². The highest BCUT2D eigenvalue weighted by Gasteiger charge is 2.47. The lowest BCUT2D eigenvalue weighted by molar-refractivity contribution is -0.274. The zero-order valence-corrected chi connectivity index (χ0v) is 26.0. The van der Waals surface area contributed by atoms with Crippen molar-refractivity contribution in [3.8, 4) is 5.75 Å². The second-order valence-corrected chi connectivity index (χ2v) is 13.1. The number of nitrogens with one attached hydrogen (secondary N) is 2. The van der Waals surface area contributed by atoms with E-state index in [1.165, 1.54) is 28.9 Å². The topological polar surface area (TPSA) is 124 Å². The minimum Gasteiger partial charge on any atom is -0.460 e. The van der Waals surface area contributed by atoms with Gasteiger partial charge in [-0.2, -0.15) is 5.10 Å². The number of ether oxygens (including phenoxy) is 2. The molecule has 0 bridgehead atoms. The predicted molar refractivity (Wildman–Crippen MR) is 157 cm³/mol. The molecule has 3 aromatic rings. The third kappa shape index (κ3) is 7.51. The zero-order valence-electron chi connectivity index (χ0n) is 25.3. The van der Waals surface area contributed by atoms with Crippen LogP contribution in [0.4, 0.5) is 13.2 Å². The van der Waals surface area contributed by atoms with E-state index < -0.39 is 29.5 Å². The number of hydrogen-bond acceptors (Lipinski definition) is 7. The molecule has 14 heteroatoms. The molecule has 2 aliphatic rings. The Balaban J connectivity index is 1.27. The average Bonchev–Trinajstić information content (AvgIpc) is 3.58. The van der Waals surface area contributed by atoms with Crippen LogP contribution < -0.4 is 15.4 Å². The Morgan fingerprint density at radius 3 is 2.47 bits per heavy atom. The van der Waals surface area contributed by atoms with Crippen molar-refractivity contribution in [2.45, 2.75) is 77.9 Å². The molecule has 242 valence electrons. The Labute approximate surface area is 263 Å². The summed E-state index contributed by atoms with van der Waals surface area (Å²) in [4.78, 5) is 43.8. The predicted octanol–water partition coefficient (Wildman–Crippen LogP) is 5.72. The SMILES string of the molecule is CC1C(C(=O)OC(C)(C)C)CCC2[C@H]1CC[C@@H]2NC(=O)c1cc(C(=O)NCc2ccc(Cl)c(OC(F)(F)F)c2)nc2ccnn12. The highest BCUT2D eigenvalue weighted by molar-refractivity contribution is 6.32. The van der Waals surface area contributed by atoms with E-state index in [-0.39, 0.29) is 64.3 Å². The molecule has 2 fully saturated rings. The second kappa shape index (κ2) is 12.5. The minimum atomic E-state index is -4.93. The average molecular weight is 650 g/mol. The van der Waals surface area contributed by atoms with E-state index in [9.17, 15) is 27.6 Å². The van der Waals surface area contributed by atoms with Gasteiger partial charge in [-0.15, -0.1) is 13.2 Å². The monoisotopic (exact) mass is 649 g/mol. The van der Waals surface area contributed by atoms with Crippen molar-refractivity contribution in [3.63, 3.8) is 0 Å². The van der Waals surface area contributed by atoms with E-state index >= 15 is 0 Å². The molecular formula is C31H35ClF3N5O5. The molecule has 0 saturated heterocycles. The first-order valence-electron chi connectivity index (χ1n) is 14.8. The number of halogens is 4. The second-order valence-electron chi connectivity index (χ2n) is 12.7. The quantitative estimate of drug-likeness (QED) is 0.314. The highest BCUT2D eigenvalue weighted by Crippen LogP contribution is 2.48. The number of carbonyl (C=O) groups excluding carboxylic acids is 3. The third-order valence-corrected chi connectivity index (χ3v) is 8.84. The molecule has 0 radical (unpaired) electrons. The van der Waals surface area contributed by atoms with Crippen molar-refractivity contribution < 1.29 is 37.0 Å². The first-order chi connectivity index (χ1) is 21.1. The summed E-state index contributed by atoms with van der Waals surface area (Å²) >= 11 is 5.81. The maximum atomic E-state index is 13.6. The summed E-state index contributed by atoms with van der Waals surface area (Å²) < 4.78 is 49.1. The lowest BCUT2D eigenvalue weighted by atomic mass is 9.68. The molecule has 2 aliphatic carbocycles. The molecule has 1 aromatic carbocycles. The Morgan fingerprint density at radius 1 is 1.02 bits per heavy atom. The van der Waals surface area contributed by atoms with Crippen molar-refractivity contribution in [2.24, 2.45) is 23.7 Å². The van der Waals surface area contributed by atoms with E-state index in [4.69, 9.17) is 16.3 Å². The lowest BCUT2D eigenvalue weighted by Gasteiger charge is -2.39. The van der Waals surface area contributed by atoms with Crippen LogP contribution in [0.1, 0.15) is 79.9 Å². The molecule has 10 nitrogen and oxygen atoms in total. The highest BCUT2D eigenvalue weighted by atomic mass is 35.5. The van der Waals surface area contributed by atoms with Crippen molar-refractivity contribution >= 4 is 35.0 Å². The van der Waals surface area contributed by atoms with E-state index in [2.05, 4.69) is 32.4 Å². The van der Waals surface area contributed by atoms with Gasteiger partial charge in [0.2, 0.25) is 0 Å². The maximum Gasteiger partial charge on any atom is 0.573 e. The molecule has 0 spiro atoms. The minimum absolute atomic E-state index is 0.0651. The van der Waals surface area contributed by atoms with Crippen LogP contribution in [0.3, 0.4) is 0 Å². The van der Waals surface area contributed by atoms with Crippen LogP contribution in [-0.2, 0) is 16.1 Å². The number of alkyl halides is 3. The number of hydrogen-bond donors (Lipinski definition) is 2. The number of aromatic nitrogens is 3.